The number of carbonyl (C=O) groups is 1. The third-order valence-corrected chi connectivity index (χ3v) is 4.10. The van der Waals surface area contributed by atoms with Gasteiger partial charge in [0.05, 0.1) is 11.3 Å². The Kier molecular flexibility index (Phi) is 5.66. The summed E-state index contributed by atoms with van der Waals surface area (Å²) in [6.07, 6.45) is 0. The highest BCUT2D eigenvalue weighted by Gasteiger charge is 2.24. The molecule has 0 aliphatic heterocycles. The van der Waals surface area contributed by atoms with E-state index in [4.69, 9.17) is 4.74 Å². The number of rotatable bonds is 7. The Morgan fingerprint density at radius 3 is 2.36 bits per heavy atom. The lowest BCUT2D eigenvalue weighted by Crippen LogP contribution is -2.12. The molecule has 0 fully saturated rings. The van der Waals surface area contributed by atoms with E-state index < -0.39 is 21.0 Å². The van der Waals surface area contributed by atoms with Crippen molar-refractivity contribution in [2.75, 3.05) is 11.9 Å². The number of hydrogen-bond acceptors (Lipinski definition) is 5. The molecule has 0 spiro atoms. The van der Waals surface area contributed by atoms with E-state index in [1.165, 1.54) is 6.07 Å². The summed E-state index contributed by atoms with van der Waals surface area (Å²) < 4.78 is 38.7. The molecule has 3 N–H and O–H groups in total. The van der Waals surface area contributed by atoms with Crippen LogP contribution in [-0.4, -0.2) is 30.6 Å². The quantitative estimate of drug-likeness (QED) is 0.644. The maximum atomic E-state index is 11.8. The zero-order valence-corrected chi connectivity index (χ0v) is 14.6. The molecule has 0 aromatic heterocycles. The Balaban J connectivity index is 2.63. The number of carboxylic acids is 1. The van der Waals surface area contributed by atoms with Gasteiger partial charge in [-0.3, -0.25) is 4.55 Å². The van der Waals surface area contributed by atoms with Crippen molar-refractivity contribution in [2.45, 2.75) is 18.7 Å². The Morgan fingerprint density at radius 1 is 1.20 bits per heavy atom. The lowest BCUT2D eigenvalue weighted by atomic mass is 10.1. The van der Waals surface area contributed by atoms with Gasteiger partial charge in [0, 0.05) is 6.54 Å². The first-order valence-corrected chi connectivity index (χ1v) is 8.98. The molecule has 25 heavy (non-hydrogen) atoms. The van der Waals surface area contributed by atoms with E-state index >= 15 is 0 Å². The molecule has 2 aromatic carbocycles. The minimum atomic E-state index is -4.70. The number of hydrogen-bond donors (Lipinski definition) is 3. The Hall–Kier alpha value is -2.58. The SMILES string of the molecule is CC(C)CNc1cc(C(=O)O)cc(S(=O)(=O)O)c1Oc1ccccc1. The number of para-hydroxylation sites is 1. The predicted molar refractivity (Wildman–Crippen MR) is 93.1 cm³/mol. The number of aromatic carboxylic acids is 1. The van der Waals surface area contributed by atoms with Gasteiger partial charge >= 0.3 is 5.97 Å². The molecule has 7 nitrogen and oxygen atoms in total. The van der Waals surface area contributed by atoms with E-state index in [9.17, 15) is 22.9 Å². The molecule has 0 aliphatic rings. The van der Waals surface area contributed by atoms with Crippen molar-refractivity contribution >= 4 is 21.8 Å². The molecular formula is C17H19NO6S. The first-order valence-electron chi connectivity index (χ1n) is 7.54. The van der Waals surface area contributed by atoms with Gasteiger partial charge in [-0.1, -0.05) is 32.0 Å². The van der Waals surface area contributed by atoms with Crippen LogP contribution in [0.5, 0.6) is 11.5 Å². The van der Waals surface area contributed by atoms with Gasteiger partial charge in [-0.25, -0.2) is 4.79 Å². The molecule has 2 aromatic rings. The van der Waals surface area contributed by atoms with Crippen molar-refractivity contribution < 1.29 is 27.6 Å². The Morgan fingerprint density at radius 2 is 1.84 bits per heavy atom. The maximum absolute atomic E-state index is 11.8. The van der Waals surface area contributed by atoms with Crippen molar-refractivity contribution in [3.8, 4) is 11.5 Å². The highest BCUT2D eigenvalue weighted by Crippen LogP contribution is 2.37. The lowest BCUT2D eigenvalue weighted by Gasteiger charge is -2.17. The summed E-state index contributed by atoms with van der Waals surface area (Å²) in [6.45, 7) is 4.34. The number of carboxylic acid groups (broad SMARTS) is 1. The highest BCUT2D eigenvalue weighted by atomic mass is 32.2. The summed E-state index contributed by atoms with van der Waals surface area (Å²) in [5.74, 6) is -0.904. The van der Waals surface area contributed by atoms with Gasteiger partial charge < -0.3 is 15.2 Å². The van der Waals surface area contributed by atoms with Crippen LogP contribution in [0.1, 0.15) is 24.2 Å². The molecule has 2 rings (SSSR count). The minimum absolute atomic E-state index is 0.153. The van der Waals surface area contributed by atoms with Crippen LogP contribution in [0.2, 0.25) is 0 Å². The largest absolute Gasteiger partial charge is 0.478 e. The molecular weight excluding hydrogens is 346 g/mol. The lowest BCUT2D eigenvalue weighted by molar-refractivity contribution is 0.0696. The van der Waals surface area contributed by atoms with Crippen LogP contribution in [0.15, 0.2) is 47.4 Å². The number of ether oxygens (including phenoxy) is 1. The molecule has 0 radical (unpaired) electrons. The first-order chi connectivity index (χ1) is 11.7. The topological polar surface area (TPSA) is 113 Å². The third-order valence-electron chi connectivity index (χ3n) is 3.24. The molecule has 134 valence electrons. The average molecular weight is 365 g/mol. The maximum Gasteiger partial charge on any atom is 0.335 e. The summed E-state index contributed by atoms with van der Waals surface area (Å²) >= 11 is 0. The van der Waals surface area contributed by atoms with E-state index in [0.717, 1.165) is 6.07 Å². The van der Waals surface area contributed by atoms with Crippen LogP contribution < -0.4 is 10.1 Å². The second kappa shape index (κ2) is 7.54. The standard InChI is InChI=1S/C17H19NO6S/c1-11(2)10-18-14-8-12(17(19)20)9-15(25(21,22)23)16(14)24-13-6-4-3-5-7-13/h3-9,11,18H,10H2,1-2H3,(H,19,20)(H,21,22,23). The van der Waals surface area contributed by atoms with Gasteiger partial charge in [0.25, 0.3) is 10.1 Å². The number of benzene rings is 2. The van der Waals surface area contributed by atoms with E-state index in [1.807, 2.05) is 13.8 Å². The predicted octanol–water partition coefficient (Wildman–Crippen LogP) is 3.49. The van der Waals surface area contributed by atoms with Crippen molar-refractivity contribution in [3.63, 3.8) is 0 Å². The average Bonchev–Trinajstić information content (AvgIpc) is 2.53. The monoisotopic (exact) mass is 365 g/mol. The van der Waals surface area contributed by atoms with Crippen LogP contribution in [0.25, 0.3) is 0 Å². The van der Waals surface area contributed by atoms with E-state index in [1.54, 1.807) is 30.3 Å². The molecule has 0 saturated heterocycles. The summed E-state index contributed by atoms with van der Waals surface area (Å²) in [5, 5.41) is 12.2. The molecule has 0 saturated carbocycles. The van der Waals surface area contributed by atoms with Crippen LogP contribution in [-0.2, 0) is 10.1 Å². The number of nitrogens with one attached hydrogen (secondary N) is 1. The van der Waals surface area contributed by atoms with Crippen LogP contribution in [0.3, 0.4) is 0 Å². The second-order valence-electron chi connectivity index (χ2n) is 5.82. The van der Waals surface area contributed by atoms with Crippen molar-refractivity contribution in [2.24, 2.45) is 5.92 Å². The molecule has 0 unspecified atom stereocenters. The van der Waals surface area contributed by atoms with Crippen molar-refractivity contribution in [1.82, 2.24) is 0 Å². The molecule has 0 heterocycles. The van der Waals surface area contributed by atoms with Crippen molar-refractivity contribution in [3.05, 3.63) is 48.0 Å². The fourth-order valence-corrected chi connectivity index (χ4v) is 2.74. The summed E-state index contributed by atoms with van der Waals surface area (Å²) in [4.78, 5) is 10.7. The van der Waals surface area contributed by atoms with Gasteiger partial charge in [0.2, 0.25) is 0 Å². The Bertz CT molecular complexity index is 862. The second-order valence-corrected chi connectivity index (χ2v) is 7.21. The fraction of sp³-hybridized carbons (Fsp3) is 0.235. The van der Waals surface area contributed by atoms with Gasteiger partial charge in [-0.15, -0.1) is 0 Å². The highest BCUT2D eigenvalue weighted by molar-refractivity contribution is 7.86. The molecule has 0 amide bonds. The van der Waals surface area contributed by atoms with Gasteiger partial charge in [-0.05, 0) is 30.2 Å². The smallest absolute Gasteiger partial charge is 0.335 e. The van der Waals surface area contributed by atoms with Crippen molar-refractivity contribution in [1.29, 1.82) is 0 Å². The fourth-order valence-electron chi connectivity index (χ4n) is 2.07. The third kappa shape index (κ3) is 4.94. The zero-order chi connectivity index (χ0) is 18.6. The van der Waals surface area contributed by atoms with Gasteiger partial charge in [-0.2, -0.15) is 8.42 Å². The van der Waals surface area contributed by atoms with Crippen LogP contribution in [0, 0.1) is 5.92 Å². The Labute approximate surface area is 146 Å². The zero-order valence-electron chi connectivity index (χ0n) is 13.8. The molecule has 0 bridgehead atoms. The molecule has 0 atom stereocenters. The summed E-state index contributed by atoms with van der Waals surface area (Å²) in [5.41, 5.74) is -0.107. The molecule has 0 aliphatic carbocycles. The minimum Gasteiger partial charge on any atom is -0.478 e. The van der Waals surface area contributed by atoms with Crippen LogP contribution in [0.4, 0.5) is 5.69 Å². The summed E-state index contributed by atoms with van der Waals surface area (Å²) in [7, 11) is -4.70. The number of anilines is 1. The normalized spacial score (nSPS) is 11.4. The van der Waals surface area contributed by atoms with Crippen LogP contribution >= 0.6 is 0 Å². The van der Waals surface area contributed by atoms with E-state index in [-0.39, 0.29) is 22.9 Å². The van der Waals surface area contributed by atoms with Gasteiger partial charge in [0.15, 0.2) is 5.75 Å². The summed E-state index contributed by atoms with van der Waals surface area (Å²) in [6, 6.07) is 10.6. The first kappa shape index (κ1) is 18.8. The molecule has 8 heteroatoms. The van der Waals surface area contributed by atoms with Gasteiger partial charge in [0.1, 0.15) is 10.6 Å². The van der Waals surface area contributed by atoms with E-state index in [0.29, 0.717) is 12.3 Å². The van der Waals surface area contributed by atoms with E-state index in [2.05, 4.69) is 5.32 Å².